The number of aromatic nitrogens is 2. The van der Waals surface area contributed by atoms with Crippen LogP contribution in [-0.4, -0.2) is 74.3 Å². The molecule has 1 N–H and O–H groups in total. The van der Waals surface area contributed by atoms with Gasteiger partial charge in [0.25, 0.3) is 5.91 Å². The Bertz CT molecular complexity index is 816. The maximum absolute atomic E-state index is 12.6. The van der Waals surface area contributed by atoms with Gasteiger partial charge in [-0.05, 0) is 24.1 Å². The number of amides is 2. The molecule has 0 atom stereocenters. The van der Waals surface area contributed by atoms with Crippen LogP contribution in [0.1, 0.15) is 22.5 Å². The summed E-state index contributed by atoms with van der Waals surface area (Å²) in [4.78, 5) is 34.3. The molecule has 2 amide bonds. The molecule has 162 valence electrons. The number of nitrogens with one attached hydrogen (secondary N) is 1. The van der Waals surface area contributed by atoms with Crippen LogP contribution >= 0.6 is 0 Å². The van der Waals surface area contributed by atoms with Crippen LogP contribution in [0, 0.1) is 0 Å². The number of rotatable bonds is 12. The van der Waals surface area contributed by atoms with Crippen molar-refractivity contribution in [2.75, 3.05) is 47.6 Å². The van der Waals surface area contributed by atoms with E-state index in [2.05, 4.69) is 15.3 Å². The molecule has 30 heavy (non-hydrogen) atoms. The minimum atomic E-state index is -0.279. The first-order valence-corrected chi connectivity index (χ1v) is 9.60. The zero-order chi connectivity index (χ0) is 21.8. The van der Waals surface area contributed by atoms with E-state index in [4.69, 9.17) is 14.2 Å². The van der Waals surface area contributed by atoms with Gasteiger partial charge >= 0.3 is 0 Å². The molecule has 9 nitrogen and oxygen atoms in total. The van der Waals surface area contributed by atoms with Crippen molar-refractivity contribution in [3.8, 4) is 11.5 Å². The van der Waals surface area contributed by atoms with Crippen LogP contribution in [0.25, 0.3) is 0 Å². The van der Waals surface area contributed by atoms with Crippen LogP contribution in [0.4, 0.5) is 0 Å². The van der Waals surface area contributed by atoms with Crippen molar-refractivity contribution in [1.82, 2.24) is 20.2 Å². The van der Waals surface area contributed by atoms with Crippen LogP contribution in [0.5, 0.6) is 11.5 Å². The summed E-state index contributed by atoms with van der Waals surface area (Å²) in [5, 5.41) is 2.88. The van der Waals surface area contributed by atoms with E-state index < -0.39 is 0 Å². The molecule has 0 unspecified atom stereocenters. The standard InChI is InChI=1S/C21H28N4O5/c1-28-13-12-25(21(27)17-15-22-9-10-23-17)11-7-20(26)24-8-6-16-4-5-18(29-2)19(14-16)30-3/h4-5,9-10,14-15H,6-8,11-13H2,1-3H3,(H,24,26). The Balaban J connectivity index is 1.83. The van der Waals surface area contributed by atoms with Crippen molar-refractivity contribution in [1.29, 1.82) is 0 Å². The molecule has 1 heterocycles. The summed E-state index contributed by atoms with van der Waals surface area (Å²) in [5.74, 6) is 0.898. The van der Waals surface area contributed by atoms with E-state index in [9.17, 15) is 9.59 Å². The first-order chi connectivity index (χ1) is 14.6. The van der Waals surface area contributed by atoms with Crippen molar-refractivity contribution in [3.63, 3.8) is 0 Å². The summed E-state index contributed by atoms with van der Waals surface area (Å²) in [6.45, 7) is 1.48. The Labute approximate surface area is 176 Å². The predicted octanol–water partition coefficient (Wildman–Crippen LogP) is 1.33. The van der Waals surface area contributed by atoms with Gasteiger partial charge in [-0.1, -0.05) is 6.07 Å². The van der Waals surface area contributed by atoms with Gasteiger partial charge in [0.05, 0.1) is 27.0 Å². The van der Waals surface area contributed by atoms with Crippen LogP contribution < -0.4 is 14.8 Å². The van der Waals surface area contributed by atoms with Gasteiger partial charge in [0.2, 0.25) is 5.91 Å². The Morgan fingerprint density at radius 1 is 1.07 bits per heavy atom. The monoisotopic (exact) mass is 416 g/mol. The maximum Gasteiger partial charge on any atom is 0.274 e. The van der Waals surface area contributed by atoms with Gasteiger partial charge in [0.15, 0.2) is 11.5 Å². The molecule has 2 rings (SSSR count). The fourth-order valence-corrected chi connectivity index (χ4v) is 2.80. The van der Waals surface area contributed by atoms with Gasteiger partial charge in [-0.3, -0.25) is 14.6 Å². The molecule has 0 saturated carbocycles. The van der Waals surface area contributed by atoms with E-state index in [1.807, 2.05) is 18.2 Å². The second kappa shape index (κ2) is 12.4. The first-order valence-electron chi connectivity index (χ1n) is 9.60. The molecule has 0 bridgehead atoms. The lowest BCUT2D eigenvalue weighted by molar-refractivity contribution is -0.121. The largest absolute Gasteiger partial charge is 0.493 e. The zero-order valence-electron chi connectivity index (χ0n) is 17.6. The van der Waals surface area contributed by atoms with E-state index in [1.165, 1.54) is 18.6 Å². The van der Waals surface area contributed by atoms with Crippen LogP contribution in [0.2, 0.25) is 0 Å². The van der Waals surface area contributed by atoms with E-state index in [0.717, 1.165) is 5.56 Å². The highest BCUT2D eigenvalue weighted by molar-refractivity contribution is 5.92. The lowest BCUT2D eigenvalue weighted by Crippen LogP contribution is -2.38. The Kier molecular flexibility index (Phi) is 9.53. The Morgan fingerprint density at radius 3 is 2.53 bits per heavy atom. The molecular formula is C21H28N4O5. The van der Waals surface area contributed by atoms with Crippen LogP contribution in [0.3, 0.4) is 0 Å². The molecule has 0 aliphatic rings. The highest BCUT2D eigenvalue weighted by Gasteiger charge is 2.18. The number of benzene rings is 1. The van der Waals surface area contributed by atoms with Crippen molar-refractivity contribution < 1.29 is 23.8 Å². The molecule has 0 aliphatic carbocycles. The number of carbonyl (C=O) groups excluding carboxylic acids is 2. The van der Waals surface area contributed by atoms with E-state index >= 15 is 0 Å². The summed E-state index contributed by atoms with van der Waals surface area (Å²) >= 11 is 0. The van der Waals surface area contributed by atoms with Crippen molar-refractivity contribution in [2.24, 2.45) is 0 Å². The molecule has 0 fully saturated rings. The highest BCUT2D eigenvalue weighted by atomic mass is 16.5. The highest BCUT2D eigenvalue weighted by Crippen LogP contribution is 2.27. The summed E-state index contributed by atoms with van der Waals surface area (Å²) in [5.41, 5.74) is 1.26. The third kappa shape index (κ3) is 7.00. The van der Waals surface area contributed by atoms with Gasteiger partial charge in [-0.25, -0.2) is 4.98 Å². The fraction of sp³-hybridized carbons (Fsp3) is 0.429. The summed E-state index contributed by atoms with van der Waals surface area (Å²) in [6.07, 6.45) is 5.20. The Morgan fingerprint density at radius 2 is 1.87 bits per heavy atom. The van der Waals surface area contributed by atoms with Gasteiger partial charge in [-0.15, -0.1) is 0 Å². The molecular weight excluding hydrogens is 388 g/mol. The quantitative estimate of drug-likeness (QED) is 0.557. The molecule has 1 aromatic carbocycles. The van der Waals surface area contributed by atoms with Gasteiger partial charge < -0.3 is 24.4 Å². The van der Waals surface area contributed by atoms with Gasteiger partial charge in [0, 0.05) is 45.6 Å². The normalized spacial score (nSPS) is 10.4. The topological polar surface area (TPSA) is 103 Å². The Hall–Kier alpha value is -3.20. The molecule has 0 saturated heterocycles. The second-order valence-electron chi connectivity index (χ2n) is 6.41. The SMILES string of the molecule is COCCN(CCC(=O)NCCc1ccc(OC)c(OC)c1)C(=O)c1cnccn1. The lowest BCUT2D eigenvalue weighted by atomic mass is 10.1. The maximum atomic E-state index is 12.6. The summed E-state index contributed by atoms with van der Waals surface area (Å²) in [6, 6.07) is 5.65. The summed E-state index contributed by atoms with van der Waals surface area (Å²) in [7, 11) is 4.73. The van der Waals surface area contributed by atoms with Gasteiger partial charge in [0.1, 0.15) is 5.69 Å². The van der Waals surface area contributed by atoms with E-state index in [0.29, 0.717) is 37.6 Å². The predicted molar refractivity (Wildman–Crippen MR) is 111 cm³/mol. The summed E-state index contributed by atoms with van der Waals surface area (Å²) < 4.78 is 15.6. The minimum Gasteiger partial charge on any atom is -0.493 e. The molecule has 9 heteroatoms. The van der Waals surface area contributed by atoms with Crippen molar-refractivity contribution >= 4 is 11.8 Å². The third-order valence-electron chi connectivity index (χ3n) is 4.43. The fourth-order valence-electron chi connectivity index (χ4n) is 2.80. The number of hydrogen-bond acceptors (Lipinski definition) is 7. The number of hydrogen-bond donors (Lipinski definition) is 1. The minimum absolute atomic E-state index is 0.134. The van der Waals surface area contributed by atoms with Crippen molar-refractivity contribution in [3.05, 3.63) is 48.0 Å². The molecule has 0 radical (unpaired) electrons. The number of nitrogens with zero attached hydrogens (tertiary/aromatic N) is 3. The number of methoxy groups -OCH3 is 3. The zero-order valence-corrected chi connectivity index (χ0v) is 17.6. The second-order valence-corrected chi connectivity index (χ2v) is 6.41. The average molecular weight is 416 g/mol. The third-order valence-corrected chi connectivity index (χ3v) is 4.43. The van der Waals surface area contributed by atoms with E-state index in [1.54, 1.807) is 26.2 Å². The smallest absolute Gasteiger partial charge is 0.274 e. The van der Waals surface area contributed by atoms with Crippen LogP contribution in [-0.2, 0) is 16.0 Å². The van der Waals surface area contributed by atoms with Crippen molar-refractivity contribution in [2.45, 2.75) is 12.8 Å². The van der Waals surface area contributed by atoms with Crippen LogP contribution in [0.15, 0.2) is 36.8 Å². The lowest BCUT2D eigenvalue weighted by Gasteiger charge is -2.21. The van der Waals surface area contributed by atoms with Gasteiger partial charge in [-0.2, -0.15) is 0 Å². The number of ether oxygens (including phenoxy) is 3. The molecule has 1 aromatic heterocycles. The molecule has 0 spiro atoms. The molecule has 2 aromatic rings. The average Bonchev–Trinajstić information content (AvgIpc) is 2.79. The first kappa shape index (κ1) is 23.1. The van der Waals surface area contributed by atoms with E-state index in [-0.39, 0.29) is 30.5 Å². The number of carbonyl (C=O) groups is 2. The molecule has 0 aliphatic heterocycles.